The van der Waals surface area contributed by atoms with Crippen LogP contribution in [-0.2, 0) is 0 Å². The predicted molar refractivity (Wildman–Crippen MR) is 80.1 cm³/mol. The van der Waals surface area contributed by atoms with Gasteiger partial charge < -0.3 is 10.2 Å². The standard InChI is InChI=1S/C16H22N2O2/c1-12-7-4-3-5-10-18(12)16(20)17-15-9-6-8-14(11-15)13(2)19/h6,8-9,11-12H,3-5,7,10H2,1-2H3,(H,17,20). The maximum absolute atomic E-state index is 12.3. The van der Waals surface area contributed by atoms with E-state index < -0.39 is 0 Å². The van der Waals surface area contributed by atoms with Crippen LogP contribution in [0.4, 0.5) is 10.5 Å². The molecule has 108 valence electrons. The summed E-state index contributed by atoms with van der Waals surface area (Å²) < 4.78 is 0. The van der Waals surface area contributed by atoms with Gasteiger partial charge in [0.2, 0.25) is 0 Å². The van der Waals surface area contributed by atoms with Gasteiger partial charge in [0, 0.05) is 23.8 Å². The Morgan fingerprint density at radius 1 is 1.25 bits per heavy atom. The molecule has 1 N–H and O–H groups in total. The number of nitrogens with zero attached hydrogens (tertiary/aromatic N) is 1. The Bertz CT molecular complexity index is 499. The fraction of sp³-hybridized carbons (Fsp3) is 0.500. The monoisotopic (exact) mass is 274 g/mol. The van der Waals surface area contributed by atoms with Crippen molar-refractivity contribution in [2.45, 2.75) is 45.6 Å². The molecule has 4 nitrogen and oxygen atoms in total. The van der Waals surface area contributed by atoms with E-state index in [4.69, 9.17) is 0 Å². The highest BCUT2D eigenvalue weighted by molar-refractivity contribution is 5.96. The van der Waals surface area contributed by atoms with Gasteiger partial charge in [0.05, 0.1) is 0 Å². The maximum Gasteiger partial charge on any atom is 0.322 e. The fourth-order valence-electron chi connectivity index (χ4n) is 2.59. The first-order chi connectivity index (χ1) is 9.58. The minimum Gasteiger partial charge on any atom is -0.322 e. The molecule has 1 aromatic rings. The number of urea groups is 1. The van der Waals surface area contributed by atoms with E-state index in [0.717, 1.165) is 19.4 Å². The van der Waals surface area contributed by atoms with E-state index in [9.17, 15) is 9.59 Å². The number of Topliss-reactive ketones (excluding diaryl/α,β-unsaturated/α-hetero) is 1. The molecule has 1 aromatic carbocycles. The third kappa shape index (κ3) is 3.59. The van der Waals surface area contributed by atoms with Crippen LogP contribution in [0.25, 0.3) is 0 Å². The van der Waals surface area contributed by atoms with Crippen LogP contribution < -0.4 is 5.32 Å². The molecule has 0 aromatic heterocycles. The van der Waals surface area contributed by atoms with Crippen LogP contribution in [0.15, 0.2) is 24.3 Å². The number of rotatable bonds is 2. The number of carbonyl (C=O) groups is 2. The van der Waals surface area contributed by atoms with Crippen molar-refractivity contribution in [3.05, 3.63) is 29.8 Å². The summed E-state index contributed by atoms with van der Waals surface area (Å²) in [4.78, 5) is 25.6. The molecular weight excluding hydrogens is 252 g/mol. The first-order valence-corrected chi connectivity index (χ1v) is 7.26. The van der Waals surface area contributed by atoms with Crippen LogP contribution >= 0.6 is 0 Å². The molecule has 1 heterocycles. The Morgan fingerprint density at radius 2 is 2.05 bits per heavy atom. The molecule has 2 amide bonds. The van der Waals surface area contributed by atoms with Gasteiger partial charge in [0.25, 0.3) is 0 Å². The number of carbonyl (C=O) groups excluding carboxylic acids is 2. The van der Waals surface area contributed by atoms with Crippen molar-refractivity contribution < 1.29 is 9.59 Å². The molecule has 0 bridgehead atoms. The first-order valence-electron chi connectivity index (χ1n) is 7.26. The Labute approximate surface area is 120 Å². The van der Waals surface area contributed by atoms with Crippen molar-refractivity contribution in [3.8, 4) is 0 Å². The second kappa shape index (κ2) is 6.55. The number of hydrogen-bond acceptors (Lipinski definition) is 2. The Hall–Kier alpha value is -1.84. The van der Waals surface area contributed by atoms with Crippen molar-refractivity contribution >= 4 is 17.5 Å². The van der Waals surface area contributed by atoms with Crippen molar-refractivity contribution in [2.24, 2.45) is 0 Å². The van der Waals surface area contributed by atoms with Crippen LogP contribution in [0, 0.1) is 0 Å². The third-order valence-electron chi connectivity index (χ3n) is 3.83. The molecule has 1 aliphatic heterocycles. The zero-order valence-electron chi connectivity index (χ0n) is 12.2. The molecule has 1 unspecified atom stereocenters. The molecule has 0 radical (unpaired) electrons. The summed E-state index contributed by atoms with van der Waals surface area (Å²) in [5, 5.41) is 2.90. The van der Waals surface area contributed by atoms with E-state index >= 15 is 0 Å². The lowest BCUT2D eigenvalue weighted by Gasteiger charge is -2.27. The number of hydrogen-bond donors (Lipinski definition) is 1. The van der Waals surface area contributed by atoms with Gasteiger partial charge in [-0.1, -0.05) is 25.0 Å². The molecule has 20 heavy (non-hydrogen) atoms. The first kappa shape index (κ1) is 14.6. The molecular formula is C16H22N2O2. The summed E-state index contributed by atoms with van der Waals surface area (Å²) in [6, 6.07) is 7.29. The fourth-order valence-corrected chi connectivity index (χ4v) is 2.59. The zero-order chi connectivity index (χ0) is 14.5. The quantitative estimate of drug-likeness (QED) is 0.836. The van der Waals surface area contributed by atoms with E-state index in [2.05, 4.69) is 12.2 Å². The van der Waals surface area contributed by atoms with Crippen LogP contribution in [0.3, 0.4) is 0 Å². The summed E-state index contributed by atoms with van der Waals surface area (Å²) in [5.74, 6) is 0.00393. The van der Waals surface area contributed by atoms with E-state index in [1.165, 1.54) is 19.8 Å². The van der Waals surface area contributed by atoms with Gasteiger partial charge in [0.15, 0.2) is 5.78 Å². The molecule has 1 atom stereocenters. The Morgan fingerprint density at radius 3 is 2.80 bits per heavy atom. The number of benzene rings is 1. The summed E-state index contributed by atoms with van der Waals surface area (Å²) in [6.07, 6.45) is 4.49. The summed E-state index contributed by atoms with van der Waals surface area (Å²) >= 11 is 0. The zero-order valence-corrected chi connectivity index (χ0v) is 12.2. The van der Waals surface area contributed by atoms with Crippen molar-refractivity contribution in [3.63, 3.8) is 0 Å². The van der Waals surface area contributed by atoms with Crippen LogP contribution in [0.5, 0.6) is 0 Å². The average Bonchev–Trinajstić information content (AvgIpc) is 2.63. The second-order valence-electron chi connectivity index (χ2n) is 5.46. The van der Waals surface area contributed by atoms with Gasteiger partial charge in [-0.2, -0.15) is 0 Å². The predicted octanol–water partition coefficient (Wildman–Crippen LogP) is 3.69. The summed E-state index contributed by atoms with van der Waals surface area (Å²) in [7, 11) is 0. The second-order valence-corrected chi connectivity index (χ2v) is 5.46. The molecule has 0 spiro atoms. The van der Waals surface area contributed by atoms with E-state index in [0.29, 0.717) is 11.3 Å². The summed E-state index contributed by atoms with van der Waals surface area (Å²) in [6.45, 7) is 4.42. The van der Waals surface area contributed by atoms with Crippen molar-refractivity contribution in [2.75, 3.05) is 11.9 Å². The van der Waals surface area contributed by atoms with E-state index in [1.54, 1.807) is 18.2 Å². The smallest absolute Gasteiger partial charge is 0.322 e. The Kier molecular flexibility index (Phi) is 4.77. The van der Waals surface area contributed by atoms with Crippen LogP contribution in [0.2, 0.25) is 0 Å². The third-order valence-corrected chi connectivity index (χ3v) is 3.83. The van der Waals surface area contributed by atoms with Crippen molar-refractivity contribution in [1.29, 1.82) is 0 Å². The number of likely N-dealkylation sites (tertiary alicyclic amines) is 1. The van der Waals surface area contributed by atoms with Gasteiger partial charge in [-0.3, -0.25) is 4.79 Å². The molecule has 4 heteroatoms. The number of ketones is 1. The van der Waals surface area contributed by atoms with Gasteiger partial charge in [0.1, 0.15) is 0 Å². The largest absolute Gasteiger partial charge is 0.322 e. The topological polar surface area (TPSA) is 49.4 Å². The maximum atomic E-state index is 12.3. The molecule has 1 saturated heterocycles. The Balaban J connectivity index is 2.06. The number of nitrogens with one attached hydrogen (secondary N) is 1. The average molecular weight is 274 g/mol. The minimum atomic E-state index is -0.0693. The van der Waals surface area contributed by atoms with E-state index in [1.807, 2.05) is 11.0 Å². The van der Waals surface area contributed by atoms with Gasteiger partial charge in [-0.25, -0.2) is 4.79 Å². The van der Waals surface area contributed by atoms with Crippen LogP contribution in [-0.4, -0.2) is 29.3 Å². The number of anilines is 1. The van der Waals surface area contributed by atoms with Crippen LogP contribution in [0.1, 0.15) is 49.9 Å². The lowest BCUT2D eigenvalue weighted by Crippen LogP contribution is -2.41. The number of amides is 2. The SMILES string of the molecule is CC(=O)c1cccc(NC(=O)N2CCCCCC2C)c1. The van der Waals surface area contributed by atoms with E-state index in [-0.39, 0.29) is 17.9 Å². The highest BCUT2D eigenvalue weighted by Gasteiger charge is 2.21. The highest BCUT2D eigenvalue weighted by Crippen LogP contribution is 2.18. The summed E-state index contributed by atoms with van der Waals surface area (Å²) in [5.41, 5.74) is 1.30. The highest BCUT2D eigenvalue weighted by atomic mass is 16.2. The molecule has 1 fully saturated rings. The lowest BCUT2D eigenvalue weighted by atomic mass is 10.1. The van der Waals surface area contributed by atoms with Gasteiger partial charge in [-0.05, 0) is 38.8 Å². The van der Waals surface area contributed by atoms with Gasteiger partial charge in [-0.15, -0.1) is 0 Å². The molecule has 0 saturated carbocycles. The molecule has 0 aliphatic carbocycles. The minimum absolute atomic E-state index is 0.00393. The van der Waals surface area contributed by atoms with Crippen molar-refractivity contribution in [1.82, 2.24) is 4.90 Å². The molecule has 2 rings (SSSR count). The normalized spacial score (nSPS) is 19.3. The van der Waals surface area contributed by atoms with Gasteiger partial charge >= 0.3 is 6.03 Å². The lowest BCUT2D eigenvalue weighted by molar-refractivity contribution is 0.101. The molecule has 1 aliphatic rings.